The molecule has 0 saturated heterocycles. The Balaban J connectivity index is 1.14. The Morgan fingerprint density at radius 3 is 2.00 bits per heavy atom. The molecule has 6 nitrogen and oxygen atoms in total. The number of nitrogens with one attached hydrogen (secondary N) is 2. The van der Waals surface area contributed by atoms with Crippen molar-refractivity contribution in [2.45, 2.75) is 18.8 Å². The van der Waals surface area contributed by atoms with E-state index >= 15 is 0 Å². The molecular formula is C39H30ClN3O3. The van der Waals surface area contributed by atoms with Gasteiger partial charge in [0, 0.05) is 34.8 Å². The van der Waals surface area contributed by atoms with Crippen LogP contribution in [0.2, 0.25) is 0 Å². The number of anilines is 1. The summed E-state index contributed by atoms with van der Waals surface area (Å²) in [5, 5.41) is 7.99. The summed E-state index contributed by atoms with van der Waals surface area (Å²) < 4.78 is 13.0. The predicted octanol–water partition coefficient (Wildman–Crippen LogP) is 8.98. The monoisotopic (exact) mass is 623 g/mol. The molecule has 0 radical (unpaired) electrons. The van der Waals surface area contributed by atoms with Crippen LogP contribution >= 0.6 is 11.6 Å². The van der Waals surface area contributed by atoms with Gasteiger partial charge in [0.15, 0.2) is 12.2 Å². The number of halogens is 1. The van der Waals surface area contributed by atoms with Crippen LogP contribution in [0.1, 0.15) is 39.3 Å². The minimum atomic E-state index is -0.520. The standard InChI is InChI=1S/C39H30ClN3O3/c40-35-36(42-25-26-20-22-27(23-21-26)39(44)43-34-19-9-18-33-32(34)17-10-24-41-33)38(46-29-13-5-2-6-14-29)31-16-8-7-15-30(31)37(35)45-28-11-3-1-4-12-28/h1-24,37-38,42H,25H2,(H,43,44). The van der Waals surface area contributed by atoms with Crippen molar-refractivity contribution in [3.63, 3.8) is 0 Å². The smallest absolute Gasteiger partial charge is 0.255 e. The van der Waals surface area contributed by atoms with Gasteiger partial charge in [0.1, 0.15) is 11.5 Å². The summed E-state index contributed by atoms with van der Waals surface area (Å²) in [6.45, 7) is 0.456. The van der Waals surface area contributed by atoms with Crippen LogP contribution in [-0.2, 0) is 6.54 Å². The fourth-order valence-electron chi connectivity index (χ4n) is 5.61. The van der Waals surface area contributed by atoms with Crippen LogP contribution in [0, 0.1) is 0 Å². The van der Waals surface area contributed by atoms with E-state index in [1.165, 1.54) is 0 Å². The van der Waals surface area contributed by atoms with Gasteiger partial charge < -0.3 is 20.1 Å². The lowest BCUT2D eigenvalue weighted by Crippen LogP contribution is -2.31. The molecule has 5 aromatic carbocycles. The Morgan fingerprint density at radius 1 is 0.674 bits per heavy atom. The van der Waals surface area contributed by atoms with Crippen LogP contribution in [0.25, 0.3) is 10.9 Å². The van der Waals surface area contributed by atoms with Gasteiger partial charge in [-0.3, -0.25) is 9.78 Å². The van der Waals surface area contributed by atoms with Crippen LogP contribution in [-0.4, -0.2) is 10.9 Å². The van der Waals surface area contributed by atoms with Crippen molar-refractivity contribution in [3.8, 4) is 11.5 Å². The van der Waals surface area contributed by atoms with Crippen LogP contribution in [0.4, 0.5) is 5.69 Å². The van der Waals surface area contributed by atoms with Gasteiger partial charge in [-0.2, -0.15) is 0 Å². The van der Waals surface area contributed by atoms with Crippen LogP contribution in [0.5, 0.6) is 11.5 Å². The van der Waals surface area contributed by atoms with E-state index in [9.17, 15) is 4.79 Å². The third kappa shape index (κ3) is 6.16. The molecule has 2 atom stereocenters. The summed E-state index contributed by atoms with van der Waals surface area (Å²) in [6.07, 6.45) is 0.735. The highest BCUT2D eigenvalue weighted by Crippen LogP contribution is 2.45. The first-order chi connectivity index (χ1) is 22.6. The van der Waals surface area contributed by atoms with E-state index < -0.39 is 12.2 Å². The summed E-state index contributed by atoms with van der Waals surface area (Å²) in [5.41, 5.74) is 5.70. The Morgan fingerprint density at radius 2 is 1.30 bits per heavy atom. The van der Waals surface area contributed by atoms with Crippen molar-refractivity contribution in [2.24, 2.45) is 0 Å². The molecule has 0 spiro atoms. The molecule has 2 N–H and O–H groups in total. The lowest BCUT2D eigenvalue weighted by Gasteiger charge is -2.34. The Labute approximate surface area is 272 Å². The topological polar surface area (TPSA) is 72.5 Å². The van der Waals surface area contributed by atoms with E-state index in [0.717, 1.165) is 50.5 Å². The number of para-hydroxylation sites is 2. The van der Waals surface area contributed by atoms with Gasteiger partial charge in [0.05, 0.1) is 21.9 Å². The quantitative estimate of drug-likeness (QED) is 0.168. The molecule has 226 valence electrons. The summed E-state index contributed by atoms with van der Waals surface area (Å²) in [4.78, 5) is 17.5. The molecule has 2 unspecified atom stereocenters. The average Bonchev–Trinajstić information content (AvgIpc) is 3.11. The van der Waals surface area contributed by atoms with E-state index in [-0.39, 0.29) is 5.91 Å². The summed E-state index contributed by atoms with van der Waals surface area (Å²) in [7, 11) is 0. The largest absolute Gasteiger partial charge is 0.480 e. The third-order valence-corrected chi connectivity index (χ3v) is 8.30. The maximum atomic E-state index is 13.1. The number of hydrogen-bond donors (Lipinski definition) is 2. The molecule has 7 heteroatoms. The molecule has 1 aliphatic carbocycles. The van der Waals surface area contributed by atoms with Gasteiger partial charge in [-0.15, -0.1) is 0 Å². The van der Waals surface area contributed by atoms with Crippen molar-refractivity contribution in [1.82, 2.24) is 10.3 Å². The zero-order valence-electron chi connectivity index (χ0n) is 24.8. The Hall–Kier alpha value is -5.59. The van der Waals surface area contributed by atoms with Crippen LogP contribution in [0.3, 0.4) is 0 Å². The highest BCUT2D eigenvalue weighted by atomic mass is 35.5. The number of benzene rings is 5. The van der Waals surface area contributed by atoms with Crippen LogP contribution < -0.4 is 20.1 Å². The second kappa shape index (κ2) is 13.2. The van der Waals surface area contributed by atoms with E-state index in [0.29, 0.717) is 17.1 Å². The van der Waals surface area contributed by atoms with Gasteiger partial charge in [0.2, 0.25) is 0 Å². The van der Waals surface area contributed by atoms with Crippen molar-refractivity contribution >= 4 is 34.1 Å². The number of pyridine rings is 1. The molecule has 0 aliphatic heterocycles. The molecule has 46 heavy (non-hydrogen) atoms. The van der Waals surface area contributed by atoms with E-state index in [1.807, 2.05) is 133 Å². The number of carbonyl (C=O) groups is 1. The highest BCUT2D eigenvalue weighted by Gasteiger charge is 2.36. The summed E-state index contributed by atoms with van der Waals surface area (Å²) in [5.74, 6) is 1.25. The normalized spacial score (nSPS) is 15.6. The zero-order chi connectivity index (χ0) is 31.3. The molecule has 7 rings (SSSR count). The van der Waals surface area contributed by atoms with Crippen molar-refractivity contribution < 1.29 is 14.3 Å². The first kappa shape index (κ1) is 29.1. The van der Waals surface area contributed by atoms with Gasteiger partial charge >= 0.3 is 0 Å². The van der Waals surface area contributed by atoms with Crippen molar-refractivity contribution in [3.05, 3.63) is 179 Å². The van der Waals surface area contributed by atoms with E-state index in [2.05, 4.69) is 21.7 Å². The van der Waals surface area contributed by atoms with E-state index in [4.69, 9.17) is 21.1 Å². The minimum absolute atomic E-state index is 0.192. The molecule has 1 aliphatic rings. The van der Waals surface area contributed by atoms with Gasteiger partial charge in [0.25, 0.3) is 5.91 Å². The fraction of sp³-hybridized carbons (Fsp3) is 0.0769. The molecule has 1 aromatic heterocycles. The second-order valence-electron chi connectivity index (χ2n) is 10.9. The number of ether oxygens (including phenoxy) is 2. The molecule has 1 heterocycles. The third-order valence-electron chi connectivity index (χ3n) is 7.90. The maximum absolute atomic E-state index is 13.1. The SMILES string of the molecule is O=C(Nc1cccc2ncccc12)c1ccc(CNC2=C(Cl)C(Oc3ccccc3)c3ccccc3C2Oc2ccccc2)cc1. The number of amides is 1. The Bertz CT molecular complexity index is 2010. The van der Waals surface area contributed by atoms with Gasteiger partial charge in [-0.25, -0.2) is 0 Å². The van der Waals surface area contributed by atoms with Crippen molar-refractivity contribution in [1.29, 1.82) is 0 Å². The summed E-state index contributed by atoms with van der Waals surface area (Å²) >= 11 is 7.19. The van der Waals surface area contributed by atoms with Crippen LogP contribution in [0.15, 0.2) is 156 Å². The number of nitrogens with zero attached hydrogens (tertiary/aromatic N) is 1. The first-order valence-corrected chi connectivity index (χ1v) is 15.4. The summed E-state index contributed by atoms with van der Waals surface area (Å²) in [6, 6.07) is 44.4. The lowest BCUT2D eigenvalue weighted by atomic mass is 9.89. The molecule has 6 aromatic rings. The van der Waals surface area contributed by atoms with Crippen molar-refractivity contribution in [2.75, 3.05) is 5.32 Å². The van der Waals surface area contributed by atoms with Gasteiger partial charge in [-0.05, 0) is 66.2 Å². The number of aromatic nitrogens is 1. The molecule has 1 amide bonds. The molecular weight excluding hydrogens is 594 g/mol. The highest BCUT2D eigenvalue weighted by molar-refractivity contribution is 6.30. The van der Waals surface area contributed by atoms with E-state index in [1.54, 1.807) is 6.20 Å². The number of carbonyl (C=O) groups excluding carboxylic acids is 1. The predicted molar refractivity (Wildman–Crippen MR) is 182 cm³/mol. The molecule has 0 bridgehead atoms. The fourth-order valence-corrected chi connectivity index (χ4v) is 5.94. The number of rotatable bonds is 9. The Kier molecular flexibility index (Phi) is 8.35. The second-order valence-corrected chi connectivity index (χ2v) is 11.3. The van der Waals surface area contributed by atoms with Gasteiger partial charge in [-0.1, -0.05) is 90.5 Å². The number of fused-ring (bicyclic) bond motifs is 2. The lowest BCUT2D eigenvalue weighted by molar-refractivity contribution is 0.102. The minimum Gasteiger partial charge on any atom is -0.480 e. The molecule has 0 fully saturated rings. The number of hydrogen-bond acceptors (Lipinski definition) is 5. The maximum Gasteiger partial charge on any atom is 0.255 e. The first-order valence-electron chi connectivity index (χ1n) is 15.0. The average molecular weight is 624 g/mol. The zero-order valence-corrected chi connectivity index (χ0v) is 25.5. The molecule has 0 saturated carbocycles.